The maximum atomic E-state index is 11.7. The van der Waals surface area contributed by atoms with Crippen LogP contribution in [0, 0.1) is 23.2 Å². The molecule has 0 unspecified atom stereocenters. The predicted octanol–water partition coefficient (Wildman–Crippen LogP) is 5.74. The van der Waals surface area contributed by atoms with E-state index >= 15 is 0 Å². The number of ether oxygens (including phenoxy) is 2. The van der Waals surface area contributed by atoms with E-state index in [2.05, 4.69) is 29.6 Å². The van der Waals surface area contributed by atoms with Crippen molar-refractivity contribution in [3.63, 3.8) is 0 Å². The molecule has 4 heteroatoms. The van der Waals surface area contributed by atoms with Gasteiger partial charge in [-0.3, -0.25) is 0 Å². The zero-order valence-corrected chi connectivity index (χ0v) is 18.3. The van der Waals surface area contributed by atoms with Crippen LogP contribution in [0.5, 0.6) is 5.75 Å². The highest BCUT2D eigenvalue weighted by atomic mass is 16.6. The van der Waals surface area contributed by atoms with Crippen molar-refractivity contribution in [2.45, 2.75) is 77.7 Å². The van der Waals surface area contributed by atoms with Gasteiger partial charge in [0.05, 0.1) is 6.61 Å². The molecular formula is C25H37NO3. The number of nitrogens with one attached hydrogen (secondary N) is 1. The second kappa shape index (κ2) is 8.20. The maximum absolute atomic E-state index is 11.7. The van der Waals surface area contributed by atoms with Crippen LogP contribution in [-0.2, 0) is 11.2 Å². The highest BCUT2D eigenvalue weighted by Gasteiger charge is 2.50. The third-order valence-electron chi connectivity index (χ3n) is 7.07. The normalized spacial score (nSPS) is 30.2. The van der Waals surface area contributed by atoms with Crippen molar-refractivity contribution in [1.82, 2.24) is 5.32 Å². The number of benzene rings is 1. The summed E-state index contributed by atoms with van der Waals surface area (Å²) in [7, 11) is 0. The van der Waals surface area contributed by atoms with Gasteiger partial charge in [-0.25, -0.2) is 4.79 Å². The lowest BCUT2D eigenvalue weighted by atomic mass is 9.49. The second-order valence-corrected chi connectivity index (χ2v) is 10.8. The van der Waals surface area contributed by atoms with Gasteiger partial charge < -0.3 is 14.8 Å². The van der Waals surface area contributed by atoms with Gasteiger partial charge in [-0.15, -0.1) is 0 Å². The van der Waals surface area contributed by atoms with E-state index < -0.39 is 5.60 Å². The number of rotatable bonds is 7. The van der Waals surface area contributed by atoms with Crippen molar-refractivity contribution in [1.29, 1.82) is 0 Å². The molecule has 4 aliphatic carbocycles. The molecule has 0 radical (unpaired) electrons. The first-order valence-corrected chi connectivity index (χ1v) is 11.5. The van der Waals surface area contributed by atoms with Crippen LogP contribution in [0.4, 0.5) is 4.79 Å². The van der Waals surface area contributed by atoms with Crippen LogP contribution in [0.3, 0.4) is 0 Å². The molecule has 0 aromatic heterocycles. The lowest BCUT2D eigenvalue weighted by Gasteiger charge is -2.57. The van der Waals surface area contributed by atoms with Crippen LogP contribution in [0.1, 0.15) is 71.3 Å². The van der Waals surface area contributed by atoms with E-state index in [0.717, 1.165) is 36.5 Å². The van der Waals surface area contributed by atoms with E-state index in [9.17, 15) is 4.79 Å². The van der Waals surface area contributed by atoms with Gasteiger partial charge in [0.1, 0.15) is 11.4 Å². The number of hydrogen-bond acceptors (Lipinski definition) is 3. The van der Waals surface area contributed by atoms with Gasteiger partial charge in [-0.1, -0.05) is 12.1 Å². The predicted molar refractivity (Wildman–Crippen MR) is 115 cm³/mol. The molecule has 0 saturated heterocycles. The quantitative estimate of drug-likeness (QED) is 0.636. The molecule has 0 aliphatic heterocycles. The van der Waals surface area contributed by atoms with Gasteiger partial charge >= 0.3 is 6.09 Å². The van der Waals surface area contributed by atoms with Crippen molar-refractivity contribution in [2.24, 2.45) is 23.2 Å². The minimum absolute atomic E-state index is 0.359. The van der Waals surface area contributed by atoms with Crippen molar-refractivity contribution in [3.8, 4) is 5.75 Å². The topological polar surface area (TPSA) is 47.6 Å². The summed E-state index contributed by atoms with van der Waals surface area (Å²) in [6, 6.07) is 8.30. The fourth-order valence-electron chi connectivity index (χ4n) is 6.36. The number of amides is 1. The maximum Gasteiger partial charge on any atom is 0.407 e. The van der Waals surface area contributed by atoms with Crippen LogP contribution >= 0.6 is 0 Å². The van der Waals surface area contributed by atoms with Crippen molar-refractivity contribution in [2.75, 3.05) is 13.2 Å². The molecule has 1 amide bonds. The fraction of sp³-hybridized carbons (Fsp3) is 0.720. The molecular weight excluding hydrogens is 362 g/mol. The molecule has 4 aliphatic rings. The first-order chi connectivity index (χ1) is 13.8. The van der Waals surface area contributed by atoms with Crippen LogP contribution in [0.2, 0.25) is 0 Å². The third kappa shape index (κ3) is 5.46. The van der Waals surface area contributed by atoms with E-state index in [1.807, 2.05) is 20.8 Å². The molecule has 1 aromatic carbocycles. The van der Waals surface area contributed by atoms with Crippen LogP contribution in [-0.4, -0.2) is 24.8 Å². The Morgan fingerprint density at radius 2 is 1.62 bits per heavy atom. The van der Waals surface area contributed by atoms with Gasteiger partial charge in [0.25, 0.3) is 0 Å². The standard InChI is InChI=1S/C25H37NO3/c1-24(2,3)29-23(27)26-10-8-18-4-6-22(7-5-18)28-11-9-25-15-19-12-20(16-25)14-21(13-19)17-25/h4-7,19-21H,8-17H2,1-3H3,(H,26,27). The second-order valence-electron chi connectivity index (χ2n) is 10.8. The van der Waals surface area contributed by atoms with Crippen LogP contribution < -0.4 is 10.1 Å². The highest BCUT2D eigenvalue weighted by Crippen LogP contribution is 2.61. The molecule has 0 spiro atoms. The minimum atomic E-state index is -0.459. The Kier molecular flexibility index (Phi) is 5.81. The van der Waals surface area contributed by atoms with E-state index in [1.54, 1.807) is 0 Å². The van der Waals surface area contributed by atoms with Crippen molar-refractivity contribution in [3.05, 3.63) is 29.8 Å². The fourth-order valence-corrected chi connectivity index (χ4v) is 6.36. The molecule has 0 heterocycles. The molecule has 29 heavy (non-hydrogen) atoms. The van der Waals surface area contributed by atoms with E-state index in [4.69, 9.17) is 9.47 Å². The number of hydrogen-bond donors (Lipinski definition) is 1. The summed E-state index contributed by atoms with van der Waals surface area (Å²) >= 11 is 0. The van der Waals surface area contributed by atoms with Gasteiger partial charge in [-0.2, -0.15) is 0 Å². The average molecular weight is 400 g/mol. The van der Waals surface area contributed by atoms with Gasteiger partial charge in [0, 0.05) is 6.54 Å². The summed E-state index contributed by atoms with van der Waals surface area (Å²) in [5, 5.41) is 2.81. The molecule has 160 valence electrons. The molecule has 4 fully saturated rings. The average Bonchev–Trinajstić information content (AvgIpc) is 2.60. The Bertz CT molecular complexity index is 668. The summed E-state index contributed by atoms with van der Waals surface area (Å²) < 4.78 is 11.4. The number of carbonyl (C=O) groups excluding carboxylic acids is 1. The summed E-state index contributed by atoms with van der Waals surface area (Å²) in [5.41, 5.74) is 1.32. The Morgan fingerprint density at radius 1 is 1.03 bits per heavy atom. The zero-order chi connectivity index (χ0) is 20.5. The number of carbonyl (C=O) groups is 1. The molecule has 4 nitrogen and oxygen atoms in total. The highest BCUT2D eigenvalue weighted by molar-refractivity contribution is 5.67. The van der Waals surface area contributed by atoms with E-state index in [-0.39, 0.29) is 6.09 Å². The lowest BCUT2D eigenvalue weighted by molar-refractivity contribution is -0.0622. The summed E-state index contributed by atoms with van der Waals surface area (Å²) in [4.78, 5) is 11.7. The Labute approximate surface area is 175 Å². The molecule has 4 bridgehead atoms. The smallest absolute Gasteiger partial charge is 0.407 e. The first kappa shape index (κ1) is 20.6. The zero-order valence-electron chi connectivity index (χ0n) is 18.3. The molecule has 1 aromatic rings. The van der Waals surface area contributed by atoms with E-state index in [1.165, 1.54) is 50.5 Å². The van der Waals surface area contributed by atoms with Crippen molar-refractivity contribution < 1.29 is 14.3 Å². The minimum Gasteiger partial charge on any atom is -0.494 e. The van der Waals surface area contributed by atoms with Crippen LogP contribution in [0.25, 0.3) is 0 Å². The monoisotopic (exact) mass is 399 g/mol. The van der Waals surface area contributed by atoms with Gasteiger partial charge in [0.15, 0.2) is 0 Å². The van der Waals surface area contributed by atoms with Crippen molar-refractivity contribution >= 4 is 6.09 Å². The summed E-state index contributed by atoms with van der Waals surface area (Å²) in [6.45, 7) is 7.02. The largest absolute Gasteiger partial charge is 0.494 e. The number of alkyl carbamates (subject to hydrolysis) is 1. The summed E-state index contributed by atoms with van der Waals surface area (Å²) in [6.07, 6.45) is 10.5. The third-order valence-corrected chi connectivity index (χ3v) is 7.07. The Balaban J connectivity index is 1.18. The first-order valence-electron chi connectivity index (χ1n) is 11.5. The van der Waals surface area contributed by atoms with Gasteiger partial charge in [-0.05, 0) is 113 Å². The van der Waals surface area contributed by atoms with Crippen LogP contribution in [0.15, 0.2) is 24.3 Å². The lowest BCUT2D eigenvalue weighted by Crippen LogP contribution is -2.46. The van der Waals surface area contributed by atoms with Gasteiger partial charge in [0.2, 0.25) is 0 Å². The molecule has 1 N–H and O–H groups in total. The molecule has 4 saturated carbocycles. The Hall–Kier alpha value is -1.71. The SMILES string of the molecule is CC(C)(C)OC(=O)NCCc1ccc(OCCC23CC4CC(CC(C4)C2)C3)cc1. The summed E-state index contributed by atoms with van der Waals surface area (Å²) in [5.74, 6) is 3.98. The molecule has 5 rings (SSSR count). The molecule has 0 atom stereocenters. The van der Waals surface area contributed by atoms with E-state index in [0.29, 0.717) is 12.0 Å². The Morgan fingerprint density at radius 3 is 2.17 bits per heavy atom.